The van der Waals surface area contributed by atoms with Gasteiger partial charge in [0.25, 0.3) is 11.4 Å². The van der Waals surface area contributed by atoms with Gasteiger partial charge in [0, 0.05) is 74.5 Å². The molecule has 0 radical (unpaired) electrons. The number of nitrogens with one attached hydrogen (secondary N) is 4. The average Bonchev–Trinajstić information content (AvgIpc) is 3.38. The van der Waals surface area contributed by atoms with E-state index in [0.29, 0.717) is 64.5 Å². The van der Waals surface area contributed by atoms with Crippen molar-refractivity contribution >= 4 is 68.5 Å². The molecule has 0 aromatic heterocycles. The smallest absolute Gasteiger partial charge is 0.311 e. The van der Waals surface area contributed by atoms with Gasteiger partial charge in [0.2, 0.25) is 23.6 Å². The van der Waals surface area contributed by atoms with Crippen LogP contribution < -0.4 is 30.7 Å². The van der Waals surface area contributed by atoms with Crippen LogP contribution in [0.4, 0.5) is 11.4 Å². The Morgan fingerprint density at radius 3 is 1.07 bits per heavy atom. The Balaban J connectivity index is 1.93. The molecule has 2 aromatic carbocycles. The summed E-state index contributed by atoms with van der Waals surface area (Å²) in [6.45, 7) is 5.03. The van der Waals surface area contributed by atoms with Gasteiger partial charge in [-0.15, -0.1) is 0 Å². The summed E-state index contributed by atoms with van der Waals surface area (Å²) in [6.07, 6.45) is 24.2. The van der Waals surface area contributed by atoms with Gasteiger partial charge in [0.05, 0.1) is 9.85 Å². The Kier molecular flexibility index (Phi) is 36.9. The summed E-state index contributed by atoms with van der Waals surface area (Å²) < 4.78 is 10.5. The van der Waals surface area contributed by atoms with Crippen molar-refractivity contribution in [1.82, 2.24) is 21.3 Å². The van der Waals surface area contributed by atoms with Gasteiger partial charge in [0.1, 0.15) is 23.6 Å². The molecule has 2 aromatic rings. The van der Waals surface area contributed by atoms with Crippen molar-refractivity contribution in [2.45, 2.75) is 206 Å². The highest BCUT2D eigenvalue weighted by molar-refractivity contribution is 8.76. The minimum atomic E-state index is -0.852. The summed E-state index contributed by atoms with van der Waals surface area (Å²) in [7, 11) is 2.65. The number of nitro benzene ring substituents is 2. The number of nitro groups is 2. The Morgan fingerprint density at radius 2 is 0.743 bits per heavy atom. The van der Waals surface area contributed by atoms with Crippen LogP contribution >= 0.6 is 21.6 Å². The van der Waals surface area contributed by atoms with Crippen LogP contribution in [0.15, 0.2) is 48.5 Å². The zero-order valence-electron chi connectivity index (χ0n) is 44.0. The van der Waals surface area contributed by atoms with E-state index in [1.165, 1.54) is 134 Å². The van der Waals surface area contributed by atoms with E-state index in [-0.39, 0.29) is 70.8 Å². The van der Waals surface area contributed by atoms with Crippen LogP contribution in [0.25, 0.3) is 0 Å². The number of hydrogen-bond acceptors (Lipinski definition) is 14. The predicted molar refractivity (Wildman–Crippen MR) is 293 cm³/mol. The minimum Gasteiger partial charge on any atom is -0.427 e. The third-order valence-corrected chi connectivity index (χ3v) is 14.6. The van der Waals surface area contributed by atoms with E-state index in [1.54, 1.807) is 0 Å². The van der Waals surface area contributed by atoms with E-state index in [4.69, 9.17) is 9.47 Å². The van der Waals surface area contributed by atoms with Crippen molar-refractivity contribution in [3.63, 3.8) is 0 Å². The van der Waals surface area contributed by atoms with E-state index < -0.39 is 33.9 Å². The maximum Gasteiger partial charge on any atom is 0.311 e. The Bertz CT molecular complexity index is 1810. The first-order valence-corrected chi connectivity index (χ1v) is 29.6. The van der Waals surface area contributed by atoms with Crippen molar-refractivity contribution in [2.75, 3.05) is 24.6 Å². The zero-order chi connectivity index (χ0) is 54.0. The van der Waals surface area contributed by atoms with Crippen LogP contribution in [-0.4, -0.2) is 82.1 Å². The molecule has 18 nitrogen and oxygen atoms in total. The fourth-order valence-corrected chi connectivity index (χ4v) is 10.1. The van der Waals surface area contributed by atoms with E-state index >= 15 is 0 Å². The first-order chi connectivity index (χ1) is 35.8. The maximum atomic E-state index is 13.5. The molecule has 0 aliphatic heterocycles. The van der Waals surface area contributed by atoms with Crippen LogP contribution in [0.3, 0.4) is 0 Å². The van der Waals surface area contributed by atoms with Gasteiger partial charge in [-0.2, -0.15) is 0 Å². The number of non-ortho nitro benzene ring substituents is 2. The number of carbonyl (C=O) groups excluding carboxylic acids is 6. The second-order valence-corrected chi connectivity index (χ2v) is 21.2. The molecule has 0 bridgehead atoms. The molecular formula is C54H84N6O12S2. The highest BCUT2D eigenvalue weighted by atomic mass is 33.1. The Morgan fingerprint density at radius 1 is 0.446 bits per heavy atom. The molecule has 20 heteroatoms. The lowest BCUT2D eigenvalue weighted by Crippen LogP contribution is -2.49. The second-order valence-electron chi connectivity index (χ2n) is 18.6. The summed E-state index contributed by atoms with van der Waals surface area (Å²) >= 11 is 0. The highest BCUT2D eigenvalue weighted by Crippen LogP contribution is 2.24. The van der Waals surface area contributed by atoms with Gasteiger partial charge in [0.15, 0.2) is 0 Å². The first-order valence-electron chi connectivity index (χ1n) is 27.1. The molecule has 0 saturated carbocycles. The molecule has 0 aliphatic carbocycles. The number of carbonyl (C=O) groups is 6. The molecule has 0 heterocycles. The summed E-state index contributed by atoms with van der Waals surface area (Å²) in [6, 6.07) is 8.82. The quantitative estimate of drug-likeness (QED) is 0.0120. The zero-order valence-corrected chi connectivity index (χ0v) is 45.6. The first kappa shape index (κ1) is 64.9. The number of ether oxygens (including phenoxy) is 2. The lowest BCUT2D eigenvalue weighted by atomic mass is 10.1. The van der Waals surface area contributed by atoms with Crippen LogP contribution in [-0.2, 0) is 28.8 Å². The van der Waals surface area contributed by atoms with Crippen molar-refractivity contribution in [2.24, 2.45) is 0 Å². The van der Waals surface area contributed by atoms with Gasteiger partial charge in [-0.1, -0.05) is 151 Å². The molecule has 0 aliphatic rings. The largest absolute Gasteiger partial charge is 0.427 e. The molecule has 414 valence electrons. The van der Waals surface area contributed by atoms with E-state index in [9.17, 15) is 49.0 Å². The normalized spacial score (nSPS) is 11.8. The minimum absolute atomic E-state index is 0.106. The van der Waals surface area contributed by atoms with Gasteiger partial charge >= 0.3 is 11.9 Å². The summed E-state index contributed by atoms with van der Waals surface area (Å²) in [5.41, 5.74) is -0.213. The fraction of sp³-hybridized carbons (Fsp3) is 0.667. The molecule has 4 N–H and O–H groups in total. The molecule has 2 rings (SSSR count). The topological polar surface area (TPSA) is 255 Å². The average molecular weight is 1070 g/mol. The molecule has 2 atom stereocenters. The predicted octanol–water partition coefficient (Wildman–Crippen LogP) is 11.6. The SMILES string of the molecule is CCCCCCCCCCCC(=O)N[C@@H](CSSC[C@H](NC(=O)CCCCCCCCCCC)C(=O)NCCCCCC(=O)Oc1ccc([N+](=O)[O-])cc1)C(=O)NCCCCCC(=O)Oc1ccc([N+](=O)[O-])cc1. The standard InChI is InChI=1S/C54H84N6O12S2/c1-3-5-7-9-11-13-15-17-21-27-49(61)57-47(53(65)55-39-25-19-23-29-51(63)71-45-35-31-43(32-36-45)59(67)68)41-73-74-42-48(58-50(62)28-22-18-16-14-12-10-8-6-4-2)54(66)56-40-26-20-24-30-52(64)72-46-37-33-44(34-38-46)60(69)70/h31-38,47-48H,3-30,39-42H2,1-2H3,(H,55,65)(H,56,66)(H,57,61)(H,58,62)/t47-,48-/m0/s1. The van der Waals surface area contributed by atoms with Crippen molar-refractivity contribution in [1.29, 1.82) is 0 Å². The number of esters is 2. The van der Waals surface area contributed by atoms with E-state index in [1.807, 2.05) is 0 Å². The Hall–Kier alpha value is -5.24. The number of rotatable bonds is 45. The molecule has 0 unspecified atom stereocenters. The lowest BCUT2D eigenvalue weighted by Gasteiger charge is -2.20. The molecule has 0 saturated heterocycles. The number of hydrogen-bond donors (Lipinski definition) is 4. The van der Waals surface area contributed by atoms with Crippen LogP contribution in [0.2, 0.25) is 0 Å². The van der Waals surface area contributed by atoms with E-state index in [2.05, 4.69) is 35.1 Å². The van der Waals surface area contributed by atoms with Gasteiger partial charge in [-0.05, 0) is 62.8 Å². The van der Waals surface area contributed by atoms with Crippen LogP contribution in [0.1, 0.15) is 194 Å². The molecule has 0 spiro atoms. The highest BCUT2D eigenvalue weighted by Gasteiger charge is 2.24. The van der Waals surface area contributed by atoms with Crippen LogP contribution in [0.5, 0.6) is 11.5 Å². The number of nitrogens with zero attached hydrogens (tertiary/aromatic N) is 2. The Labute approximate surface area is 446 Å². The van der Waals surface area contributed by atoms with Crippen molar-refractivity contribution in [3.8, 4) is 11.5 Å². The molecule has 4 amide bonds. The monoisotopic (exact) mass is 1070 g/mol. The van der Waals surface area contributed by atoms with Crippen molar-refractivity contribution in [3.05, 3.63) is 68.8 Å². The van der Waals surface area contributed by atoms with Crippen molar-refractivity contribution < 1.29 is 48.1 Å². The fourth-order valence-electron chi connectivity index (χ4n) is 7.77. The van der Waals surface area contributed by atoms with Crippen LogP contribution in [0, 0.1) is 20.2 Å². The van der Waals surface area contributed by atoms with Gasteiger partial charge in [-0.25, -0.2) is 0 Å². The number of unbranched alkanes of at least 4 members (excludes halogenated alkanes) is 20. The maximum absolute atomic E-state index is 13.5. The molecule has 0 fully saturated rings. The number of benzene rings is 2. The summed E-state index contributed by atoms with van der Waals surface area (Å²) in [5, 5.41) is 33.5. The van der Waals surface area contributed by atoms with Gasteiger partial charge in [-0.3, -0.25) is 49.0 Å². The summed E-state index contributed by atoms with van der Waals surface area (Å²) in [4.78, 5) is 98.7. The molecular weight excluding hydrogens is 989 g/mol. The third kappa shape index (κ3) is 32.8. The second kappa shape index (κ2) is 42.0. The number of amides is 4. The summed E-state index contributed by atoms with van der Waals surface area (Å²) in [5.74, 6) is -1.21. The van der Waals surface area contributed by atoms with Gasteiger partial charge < -0.3 is 30.7 Å². The van der Waals surface area contributed by atoms with E-state index in [0.717, 1.165) is 51.4 Å². The molecule has 74 heavy (non-hydrogen) atoms. The third-order valence-electron chi connectivity index (χ3n) is 12.1. The lowest BCUT2D eigenvalue weighted by molar-refractivity contribution is -0.385.